The van der Waals surface area contributed by atoms with E-state index in [9.17, 15) is 13.2 Å². The molecule has 0 aromatic heterocycles. The van der Waals surface area contributed by atoms with Gasteiger partial charge >= 0.3 is 0 Å². The average molecular weight is 467 g/mol. The molecule has 1 aromatic carbocycles. The van der Waals surface area contributed by atoms with Crippen molar-refractivity contribution in [2.75, 3.05) is 26.0 Å². The summed E-state index contributed by atoms with van der Waals surface area (Å²) < 4.78 is 38.6. The Labute approximate surface area is 192 Å². The molecule has 0 unspecified atom stereocenters. The Hall–Kier alpha value is -1.64. The van der Waals surface area contributed by atoms with Gasteiger partial charge in [0.1, 0.15) is 5.75 Å². The van der Waals surface area contributed by atoms with Crippen LogP contribution in [0.5, 0.6) is 5.75 Å². The van der Waals surface area contributed by atoms with Gasteiger partial charge in [-0.1, -0.05) is 32.0 Å². The second-order valence-corrected chi connectivity index (χ2v) is 11.3. The van der Waals surface area contributed by atoms with Gasteiger partial charge in [0, 0.05) is 12.6 Å². The summed E-state index contributed by atoms with van der Waals surface area (Å²) in [5.41, 5.74) is 0. The maximum absolute atomic E-state index is 13.0. The number of likely N-dealkylation sites (tertiary alicyclic amines) is 1. The third-order valence-electron chi connectivity index (χ3n) is 6.73. The van der Waals surface area contributed by atoms with Gasteiger partial charge < -0.3 is 14.4 Å². The summed E-state index contributed by atoms with van der Waals surface area (Å²) in [6.45, 7) is 5.38. The number of rotatable bonds is 9. The molecule has 1 saturated heterocycles. The van der Waals surface area contributed by atoms with Crippen molar-refractivity contribution in [3.8, 4) is 5.75 Å². The Morgan fingerprint density at radius 2 is 1.81 bits per heavy atom. The lowest BCUT2D eigenvalue weighted by molar-refractivity contribution is -0.140. The molecule has 180 valence electrons. The maximum atomic E-state index is 13.0. The summed E-state index contributed by atoms with van der Waals surface area (Å²) in [6.07, 6.45) is 7.11. The molecule has 32 heavy (non-hydrogen) atoms. The zero-order valence-electron chi connectivity index (χ0n) is 19.5. The van der Waals surface area contributed by atoms with Gasteiger partial charge in [-0.05, 0) is 62.5 Å². The highest BCUT2D eigenvalue weighted by Gasteiger charge is 2.37. The van der Waals surface area contributed by atoms with Crippen molar-refractivity contribution in [1.29, 1.82) is 0 Å². The fourth-order valence-electron chi connectivity index (χ4n) is 4.89. The first-order chi connectivity index (χ1) is 15.2. The van der Waals surface area contributed by atoms with Gasteiger partial charge in [-0.3, -0.25) is 4.79 Å². The predicted molar refractivity (Wildman–Crippen MR) is 125 cm³/mol. The predicted octanol–water partition coefficient (Wildman–Crippen LogP) is 3.21. The molecule has 2 fully saturated rings. The molecule has 1 aliphatic carbocycles. The van der Waals surface area contributed by atoms with E-state index in [-0.39, 0.29) is 30.7 Å². The second kappa shape index (κ2) is 11.5. The summed E-state index contributed by atoms with van der Waals surface area (Å²) in [5.74, 6) is 1.93. The number of hydrogen-bond acceptors (Lipinski definition) is 5. The number of sulfonamides is 1. The quantitative estimate of drug-likeness (QED) is 0.604. The molecule has 1 N–H and O–H groups in total. The van der Waals surface area contributed by atoms with E-state index in [0.717, 1.165) is 44.3 Å². The molecular weight excluding hydrogens is 428 g/mol. The lowest BCUT2D eigenvalue weighted by atomic mass is 9.80. The first-order valence-corrected chi connectivity index (χ1v) is 13.7. The zero-order chi connectivity index (χ0) is 23.1. The van der Waals surface area contributed by atoms with Gasteiger partial charge in [0.05, 0.1) is 25.0 Å². The Balaban J connectivity index is 1.63. The third kappa shape index (κ3) is 7.46. The number of para-hydroxylation sites is 1. The highest BCUT2D eigenvalue weighted by Crippen LogP contribution is 2.32. The number of piperidine rings is 1. The Kier molecular flexibility index (Phi) is 8.96. The summed E-state index contributed by atoms with van der Waals surface area (Å²) in [4.78, 5) is 14.8. The molecule has 8 heteroatoms. The minimum absolute atomic E-state index is 0.0778. The van der Waals surface area contributed by atoms with E-state index >= 15 is 0 Å². The topological polar surface area (TPSA) is 84.9 Å². The lowest BCUT2D eigenvalue weighted by Crippen LogP contribution is -2.59. The van der Waals surface area contributed by atoms with Crippen LogP contribution in [-0.2, 0) is 19.6 Å². The van der Waals surface area contributed by atoms with Crippen molar-refractivity contribution < 1.29 is 22.7 Å². The fraction of sp³-hybridized carbons (Fsp3) is 0.708. The Bertz CT molecular complexity index is 822. The van der Waals surface area contributed by atoms with Gasteiger partial charge in [0.25, 0.3) is 5.91 Å². The first-order valence-electron chi connectivity index (χ1n) is 11.8. The van der Waals surface area contributed by atoms with E-state index in [2.05, 4.69) is 18.6 Å². The van der Waals surface area contributed by atoms with Gasteiger partial charge in [-0.15, -0.1) is 0 Å². The van der Waals surface area contributed by atoms with E-state index in [1.54, 1.807) is 4.90 Å². The molecular formula is C24H38N2O5S. The number of nitrogens with one attached hydrogen (secondary N) is 1. The number of carbonyl (C=O) groups excluding carboxylic acids is 1. The normalized spacial score (nSPS) is 26.8. The van der Waals surface area contributed by atoms with Gasteiger partial charge in [-0.2, -0.15) is 0 Å². The molecule has 0 bridgehead atoms. The van der Waals surface area contributed by atoms with Gasteiger partial charge in [0.2, 0.25) is 10.0 Å². The molecule has 2 aliphatic rings. The highest BCUT2D eigenvalue weighted by atomic mass is 32.2. The number of benzene rings is 1. The monoisotopic (exact) mass is 466 g/mol. The van der Waals surface area contributed by atoms with Crippen molar-refractivity contribution in [3.63, 3.8) is 0 Å². The van der Waals surface area contributed by atoms with Crippen LogP contribution in [0, 0.1) is 11.8 Å². The molecule has 0 spiro atoms. The minimum Gasteiger partial charge on any atom is -0.484 e. The lowest BCUT2D eigenvalue weighted by Gasteiger charge is -2.42. The molecule has 1 heterocycles. The average Bonchev–Trinajstić information content (AvgIpc) is 2.76. The van der Waals surface area contributed by atoms with Crippen molar-refractivity contribution in [2.45, 2.75) is 70.6 Å². The third-order valence-corrected chi connectivity index (χ3v) is 7.47. The molecule has 1 saturated carbocycles. The Morgan fingerprint density at radius 3 is 2.44 bits per heavy atom. The molecule has 2 atom stereocenters. The Morgan fingerprint density at radius 1 is 1.12 bits per heavy atom. The van der Waals surface area contributed by atoms with Crippen LogP contribution in [0.4, 0.5) is 0 Å². The molecule has 0 radical (unpaired) electrons. The SMILES string of the molecule is CC(C)[C@H]1CC[C@@H](OC[C@H]2[C@@H](NS(C)(=O)=O)CCCN2C(=O)COc2ccccc2)CC1. The van der Waals surface area contributed by atoms with Crippen molar-refractivity contribution in [1.82, 2.24) is 9.62 Å². The van der Waals surface area contributed by atoms with Crippen LogP contribution in [0.25, 0.3) is 0 Å². The van der Waals surface area contributed by atoms with E-state index in [1.165, 1.54) is 0 Å². The van der Waals surface area contributed by atoms with Crippen LogP contribution in [-0.4, -0.2) is 63.4 Å². The summed E-state index contributed by atoms with van der Waals surface area (Å²) in [6, 6.07) is 8.54. The van der Waals surface area contributed by atoms with Crippen molar-refractivity contribution in [3.05, 3.63) is 30.3 Å². The van der Waals surface area contributed by atoms with Crippen molar-refractivity contribution >= 4 is 15.9 Å². The fourth-order valence-corrected chi connectivity index (χ4v) is 5.71. The van der Waals surface area contributed by atoms with E-state index in [4.69, 9.17) is 9.47 Å². The number of ether oxygens (including phenoxy) is 2. The van der Waals surface area contributed by atoms with Crippen LogP contribution >= 0.6 is 0 Å². The molecule has 1 aliphatic heterocycles. The maximum Gasteiger partial charge on any atom is 0.260 e. The van der Waals surface area contributed by atoms with Crippen LogP contribution < -0.4 is 9.46 Å². The van der Waals surface area contributed by atoms with Crippen LogP contribution in [0.15, 0.2) is 30.3 Å². The second-order valence-electron chi connectivity index (χ2n) is 9.51. The smallest absolute Gasteiger partial charge is 0.260 e. The molecule has 3 rings (SSSR count). The highest BCUT2D eigenvalue weighted by molar-refractivity contribution is 7.88. The van der Waals surface area contributed by atoms with Crippen LogP contribution in [0.1, 0.15) is 52.4 Å². The van der Waals surface area contributed by atoms with Gasteiger partial charge in [0.15, 0.2) is 6.61 Å². The number of nitrogens with zero attached hydrogens (tertiary/aromatic N) is 1. The molecule has 1 aromatic rings. The van der Waals surface area contributed by atoms with E-state index in [0.29, 0.717) is 31.2 Å². The van der Waals surface area contributed by atoms with E-state index < -0.39 is 10.0 Å². The number of hydrogen-bond donors (Lipinski definition) is 1. The van der Waals surface area contributed by atoms with Gasteiger partial charge in [-0.25, -0.2) is 13.1 Å². The minimum atomic E-state index is -3.40. The summed E-state index contributed by atoms with van der Waals surface area (Å²) in [5, 5.41) is 0. The number of amides is 1. The van der Waals surface area contributed by atoms with E-state index in [1.807, 2.05) is 30.3 Å². The standard InChI is InChI=1S/C24H38N2O5S/c1-18(2)19-11-13-21(14-12-19)30-16-23-22(25-32(3,28)29)10-7-15-26(23)24(27)17-31-20-8-5-4-6-9-20/h4-6,8-9,18-19,21-23,25H,7,10-17H2,1-3H3/t19-,21+,22-,23-/m0/s1. The van der Waals surface area contributed by atoms with Crippen molar-refractivity contribution in [2.24, 2.45) is 11.8 Å². The first kappa shape index (κ1) is 25.0. The van der Waals surface area contributed by atoms with Crippen LogP contribution in [0.2, 0.25) is 0 Å². The zero-order valence-corrected chi connectivity index (χ0v) is 20.4. The largest absolute Gasteiger partial charge is 0.484 e. The molecule has 7 nitrogen and oxygen atoms in total. The van der Waals surface area contributed by atoms with Crippen LogP contribution in [0.3, 0.4) is 0 Å². The number of carbonyl (C=O) groups is 1. The molecule has 1 amide bonds. The summed E-state index contributed by atoms with van der Waals surface area (Å²) >= 11 is 0. The summed E-state index contributed by atoms with van der Waals surface area (Å²) in [7, 11) is -3.40.